The van der Waals surface area contributed by atoms with Gasteiger partial charge in [0.15, 0.2) is 0 Å². The van der Waals surface area contributed by atoms with Gasteiger partial charge in [0, 0.05) is 12.6 Å². The summed E-state index contributed by atoms with van der Waals surface area (Å²) in [6, 6.07) is 0.144. The molecule has 0 rings (SSSR count). The first-order valence-corrected chi connectivity index (χ1v) is 6.05. The Kier molecular flexibility index (Phi) is 9.24. The zero-order chi connectivity index (χ0) is 12.4. The summed E-state index contributed by atoms with van der Waals surface area (Å²) in [6.07, 6.45) is 4.15. The molecule has 0 aliphatic rings. The molecule has 16 heavy (non-hydrogen) atoms. The van der Waals surface area contributed by atoms with Crippen LogP contribution in [0.2, 0.25) is 0 Å². The third kappa shape index (κ3) is 6.80. The van der Waals surface area contributed by atoms with Gasteiger partial charge in [-0.05, 0) is 26.3 Å². The number of carbonyl (C=O) groups is 1. The molecule has 0 bridgehead atoms. The Morgan fingerprint density at radius 1 is 1.25 bits per heavy atom. The van der Waals surface area contributed by atoms with Gasteiger partial charge in [0.25, 0.3) is 0 Å². The van der Waals surface area contributed by atoms with Gasteiger partial charge in [-0.3, -0.25) is 4.79 Å². The highest BCUT2D eigenvalue weighted by Crippen LogP contribution is 2.05. The van der Waals surface area contributed by atoms with E-state index in [2.05, 4.69) is 10.1 Å². The summed E-state index contributed by atoms with van der Waals surface area (Å²) in [4.78, 5) is 11.2. The fourth-order valence-corrected chi connectivity index (χ4v) is 1.49. The van der Waals surface area contributed by atoms with E-state index in [-0.39, 0.29) is 24.5 Å². The van der Waals surface area contributed by atoms with Crippen molar-refractivity contribution in [2.45, 2.75) is 45.6 Å². The van der Waals surface area contributed by atoms with Crippen molar-refractivity contribution in [1.82, 2.24) is 5.32 Å². The molecule has 2 N–H and O–H groups in total. The fourth-order valence-electron chi connectivity index (χ4n) is 1.49. The number of aliphatic hydroxyl groups excluding tert-OH is 1. The van der Waals surface area contributed by atoms with E-state index < -0.39 is 0 Å². The van der Waals surface area contributed by atoms with E-state index in [1.165, 1.54) is 7.11 Å². The van der Waals surface area contributed by atoms with E-state index in [9.17, 15) is 4.79 Å². The van der Waals surface area contributed by atoms with Gasteiger partial charge >= 0.3 is 5.97 Å². The maximum absolute atomic E-state index is 11.2. The molecule has 2 unspecified atom stereocenters. The van der Waals surface area contributed by atoms with Gasteiger partial charge in [0.05, 0.1) is 13.0 Å². The molecule has 0 aromatic rings. The smallest absolute Gasteiger partial charge is 0.309 e. The number of nitrogens with one attached hydrogen (secondary N) is 1. The summed E-state index contributed by atoms with van der Waals surface area (Å²) in [5, 5.41) is 11.9. The molecule has 0 aromatic carbocycles. The van der Waals surface area contributed by atoms with Crippen molar-refractivity contribution in [3.8, 4) is 0 Å². The lowest BCUT2D eigenvalue weighted by atomic mass is 10.0. The van der Waals surface area contributed by atoms with Crippen molar-refractivity contribution in [2.24, 2.45) is 5.92 Å². The molecule has 2 atom stereocenters. The molecule has 0 amide bonds. The van der Waals surface area contributed by atoms with E-state index in [1.807, 2.05) is 13.8 Å². The number of methoxy groups -OCH3 is 1. The van der Waals surface area contributed by atoms with E-state index in [4.69, 9.17) is 5.11 Å². The summed E-state index contributed by atoms with van der Waals surface area (Å²) in [6.45, 7) is 5.06. The Balaban J connectivity index is 3.49. The Bertz CT molecular complexity index is 185. The van der Waals surface area contributed by atoms with Crippen molar-refractivity contribution < 1.29 is 14.6 Å². The van der Waals surface area contributed by atoms with Crippen molar-refractivity contribution in [1.29, 1.82) is 0 Å². The van der Waals surface area contributed by atoms with Crippen LogP contribution >= 0.6 is 0 Å². The van der Waals surface area contributed by atoms with Crippen molar-refractivity contribution in [2.75, 3.05) is 20.3 Å². The van der Waals surface area contributed by atoms with Crippen LogP contribution in [-0.2, 0) is 9.53 Å². The summed E-state index contributed by atoms with van der Waals surface area (Å²) >= 11 is 0. The average Bonchev–Trinajstić information content (AvgIpc) is 2.31. The van der Waals surface area contributed by atoms with Crippen LogP contribution in [0, 0.1) is 5.92 Å². The third-order valence-electron chi connectivity index (χ3n) is 2.87. The van der Waals surface area contributed by atoms with E-state index >= 15 is 0 Å². The number of esters is 1. The molecule has 0 saturated heterocycles. The quantitative estimate of drug-likeness (QED) is 0.464. The Morgan fingerprint density at radius 2 is 1.88 bits per heavy atom. The summed E-state index contributed by atoms with van der Waals surface area (Å²) < 4.78 is 4.69. The second-order valence-corrected chi connectivity index (χ2v) is 4.19. The number of hydrogen-bond acceptors (Lipinski definition) is 4. The topological polar surface area (TPSA) is 58.6 Å². The lowest BCUT2D eigenvalue weighted by molar-refractivity contribution is -0.145. The molecule has 0 heterocycles. The van der Waals surface area contributed by atoms with Gasteiger partial charge in [0.2, 0.25) is 0 Å². The minimum atomic E-state index is -0.166. The molecule has 4 heteroatoms. The first-order valence-electron chi connectivity index (χ1n) is 6.05. The third-order valence-corrected chi connectivity index (χ3v) is 2.87. The van der Waals surface area contributed by atoms with E-state index in [0.717, 1.165) is 32.2 Å². The van der Waals surface area contributed by atoms with Gasteiger partial charge in [-0.2, -0.15) is 0 Å². The standard InChI is InChI=1S/C12H25NO3/c1-10(12(15)16-3)11(2)13-8-6-4-5-7-9-14/h10-11,13-14H,4-9H2,1-3H3. The number of unbranched alkanes of at least 4 members (excludes halogenated alkanes) is 3. The normalized spacial score (nSPS) is 14.5. The summed E-state index contributed by atoms with van der Waals surface area (Å²) in [7, 11) is 1.42. The monoisotopic (exact) mass is 231 g/mol. The lowest BCUT2D eigenvalue weighted by Gasteiger charge is -2.19. The van der Waals surface area contributed by atoms with Crippen LogP contribution in [0.3, 0.4) is 0 Å². The van der Waals surface area contributed by atoms with E-state index in [0.29, 0.717) is 0 Å². The summed E-state index contributed by atoms with van der Waals surface area (Å²) in [5.41, 5.74) is 0. The first-order chi connectivity index (χ1) is 7.63. The Morgan fingerprint density at radius 3 is 2.44 bits per heavy atom. The second-order valence-electron chi connectivity index (χ2n) is 4.19. The Hall–Kier alpha value is -0.610. The van der Waals surface area contributed by atoms with Crippen LogP contribution in [0.15, 0.2) is 0 Å². The van der Waals surface area contributed by atoms with Crippen molar-refractivity contribution >= 4 is 5.97 Å². The molecular weight excluding hydrogens is 206 g/mol. The molecule has 0 fully saturated rings. The number of aliphatic hydroxyl groups is 1. The van der Waals surface area contributed by atoms with Gasteiger partial charge in [-0.25, -0.2) is 0 Å². The number of rotatable bonds is 9. The molecule has 0 aliphatic heterocycles. The second kappa shape index (κ2) is 9.60. The highest BCUT2D eigenvalue weighted by atomic mass is 16.5. The number of hydrogen-bond donors (Lipinski definition) is 2. The van der Waals surface area contributed by atoms with Crippen LogP contribution in [0.1, 0.15) is 39.5 Å². The minimum Gasteiger partial charge on any atom is -0.469 e. The van der Waals surface area contributed by atoms with E-state index in [1.54, 1.807) is 0 Å². The zero-order valence-electron chi connectivity index (χ0n) is 10.7. The largest absolute Gasteiger partial charge is 0.469 e. The van der Waals surface area contributed by atoms with Gasteiger partial charge < -0.3 is 15.2 Å². The van der Waals surface area contributed by atoms with Crippen LogP contribution < -0.4 is 5.32 Å². The predicted molar refractivity (Wildman–Crippen MR) is 64.2 cm³/mol. The first kappa shape index (κ1) is 15.4. The van der Waals surface area contributed by atoms with Gasteiger partial charge in [-0.15, -0.1) is 0 Å². The average molecular weight is 231 g/mol. The zero-order valence-corrected chi connectivity index (χ0v) is 10.7. The van der Waals surface area contributed by atoms with Crippen molar-refractivity contribution in [3.63, 3.8) is 0 Å². The van der Waals surface area contributed by atoms with Crippen LogP contribution in [0.4, 0.5) is 0 Å². The van der Waals surface area contributed by atoms with Gasteiger partial charge in [-0.1, -0.05) is 19.8 Å². The maximum atomic E-state index is 11.2. The molecule has 0 spiro atoms. The van der Waals surface area contributed by atoms with Crippen LogP contribution in [0.25, 0.3) is 0 Å². The lowest BCUT2D eigenvalue weighted by Crippen LogP contribution is -2.37. The maximum Gasteiger partial charge on any atom is 0.309 e. The SMILES string of the molecule is COC(=O)C(C)C(C)NCCCCCCO. The van der Waals surface area contributed by atoms with Gasteiger partial charge in [0.1, 0.15) is 0 Å². The van der Waals surface area contributed by atoms with Crippen LogP contribution in [-0.4, -0.2) is 37.4 Å². The highest BCUT2D eigenvalue weighted by molar-refractivity contribution is 5.72. The molecule has 4 nitrogen and oxygen atoms in total. The molecule has 0 aliphatic carbocycles. The number of ether oxygens (including phenoxy) is 1. The molecular formula is C12H25NO3. The van der Waals surface area contributed by atoms with Crippen molar-refractivity contribution in [3.05, 3.63) is 0 Å². The minimum absolute atomic E-state index is 0.109. The fraction of sp³-hybridized carbons (Fsp3) is 0.917. The number of carbonyl (C=O) groups excluding carboxylic acids is 1. The molecule has 0 saturated carbocycles. The molecule has 0 radical (unpaired) electrons. The molecule has 96 valence electrons. The predicted octanol–water partition coefficient (Wildman–Crippen LogP) is 1.33. The Labute approximate surface area is 98.4 Å². The molecule has 0 aromatic heterocycles. The highest BCUT2D eigenvalue weighted by Gasteiger charge is 2.19. The summed E-state index contributed by atoms with van der Waals surface area (Å²) in [5.74, 6) is -0.275. The van der Waals surface area contributed by atoms with Crippen LogP contribution in [0.5, 0.6) is 0 Å².